The van der Waals surface area contributed by atoms with Crippen LogP contribution in [0.4, 0.5) is 0 Å². The van der Waals surface area contributed by atoms with Gasteiger partial charge in [-0.15, -0.1) is 0 Å². The minimum atomic E-state index is -0.258. The summed E-state index contributed by atoms with van der Waals surface area (Å²) in [4.78, 5) is 0. The number of benzene rings is 1. The Labute approximate surface area is 103 Å². The van der Waals surface area contributed by atoms with Crippen molar-refractivity contribution >= 4 is 0 Å². The Hall–Kier alpha value is -1.48. The molecule has 0 heterocycles. The molecule has 0 atom stereocenters. The zero-order valence-electron chi connectivity index (χ0n) is 10.5. The van der Waals surface area contributed by atoms with Crippen molar-refractivity contribution < 1.29 is 14.6 Å². The van der Waals surface area contributed by atoms with E-state index < -0.39 is 0 Å². The third-order valence-corrected chi connectivity index (χ3v) is 2.25. The summed E-state index contributed by atoms with van der Waals surface area (Å²) >= 11 is 0. The molecule has 1 aromatic rings. The van der Waals surface area contributed by atoms with Crippen LogP contribution in [-0.4, -0.2) is 24.9 Å². The van der Waals surface area contributed by atoms with Crippen molar-refractivity contribution in [2.75, 3.05) is 19.8 Å². The van der Waals surface area contributed by atoms with Crippen LogP contribution >= 0.6 is 0 Å². The summed E-state index contributed by atoms with van der Waals surface area (Å²) in [7, 11) is 0. The highest BCUT2D eigenvalue weighted by molar-refractivity contribution is 5.39. The fraction of sp³-hybridized carbons (Fsp3) is 0.429. The van der Waals surface area contributed by atoms with Crippen LogP contribution < -0.4 is 9.47 Å². The molecule has 0 aliphatic rings. The average molecular weight is 236 g/mol. The van der Waals surface area contributed by atoms with Gasteiger partial charge in [-0.2, -0.15) is 0 Å². The van der Waals surface area contributed by atoms with E-state index in [2.05, 4.69) is 6.58 Å². The highest BCUT2D eigenvalue weighted by Crippen LogP contribution is 2.28. The Bertz CT molecular complexity index is 358. The minimum absolute atomic E-state index is 0.0860. The lowest BCUT2D eigenvalue weighted by atomic mass is 9.96. The smallest absolute Gasteiger partial charge is 0.161 e. The molecule has 0 unspecified atom stereocenters. The van der Waals surface area contributed by atoms with E-state index in [1.54, 1.807) is 6.08 Å². The molecule has 0 bridgehead atoms. The molecule has 0 radical (unpaired) electrons. The lowest BCUT2D eigenvalue weighted by Gasteiger charge is -2.22. The largest absolute Gasteiger partial charge is 0.489 e. The van der Waals surface area contributed by atoms with E-state index in [1.807, 2.05) is 38.1 Å². The lowest BCUT2D eigenvalue weighted by molar-refractivity contribution is 0.0956. The number of aliphatic hydroxyl groups is 1. The highest BCUT2D eigenvalue weighted by atomic mass is 16.5. The third-order valence-electron chi connectivity index (χ3n) is 2.25. The molecule has 0 spiro atoms. The second kappa shape index (κ2) is 6.30. The van der Waals surface area contributed by atoms with Gasteiger partial charge in [0.15, 0.2) is 11.5 Å². The summed E-state index contributed by atoms with van der Waals surface area (Å²) in [5.74, 6) is 1.39. The molecule has 0 aromatic heterocycles. The second-order valence-corrected chi connectivity index (χ2v) is 4.66. The first-order valence-electron chi connectivity index (χ1n) is 5.65. The number of rotatable bonds is 7. The third kappa shape index (κ3) is 4.49. The molecular weight excluding hydrogens is 216 g/mol. The maximum Gasteiger partial charge on any atom is 0.161 e. The van der Waals surface area contributed by atoms with E-state index in [9.17, 15) is 0 Å². The van der Waals surface area contributed by atoms with Crippen LogP contribution in [0, 0.1) is 5.41 Å². The zero-order chi connectivity index (χ0) is 12.7. The topological polar surface area (TPSA) is 38.7 Å². The van der Waals surface area contributed by atoms with Crippen molar-refractivity contribution in [2.24, 2.45) is 5.41 Å². The van der Waals surface area contributed by atoms with Gasteiger partial charge in [0.2, 0.25) is 0 Å². The summed E-state index contributed by atoms with van der Waals surface area (Å²) in [5, 5.41) is 9.16. The number of hydrogen-bond donors (Lipinski definition) is 1. The summed E-state index contributed by atoms with van der Waals surface area (Å²) in [5.41, 5.74) is -0.258. The Morgan fingerprint density at radius 3 is 2.35 bits per heavy atom. The highest BCUT2D eigenvalue weighted by Gasteiger charge is 2.18. The van der Waals surface area contributed by atoms with E-state index >= 15 is 0 Å². The van der Waals surface area contributed by atoms with Crippen molar-refractivity contribution in [3.05, 3.63) is 36.9 Å². The van der Waals surface area contributed by atoms with Crippen molar-refractivity contribution in [1.82, 2.24) is 0 Å². The minimum Gasteiger partial charge on any atom is -0.489 e. The Balaban J connectivity index is 2.66. The quantitative estimate of drug-likeness (QED) is 0.740. The van der Waals surface area contributed by atoms with Gasteiger partial charge in [-0.25, -0.2) is 0 Å². The molecule has 0 aliphatic carbocycles. The SMILES string of the molecule is C=CCOc1ccccc1OCC(C)(C)CO. The van der Waals surface area contributed by atoms with Crippen LogP contribution in [0.25, 0.3) is 0 Å². The fourth-order valence-electron chi connectivity index (χ4n) is 1.16. The van der Waals surface area contributed by atoms with Crippen molar-refractivity contribution in [2.45, 2.75) is 13.8 Å². The van der Waals surface area contributed by atoms with Crippen LogP contribution in [0.5, 0.6) is 11.5 Å². The molecule has 17 heavy (non-hydrogen) atoms. The molecule has 1 N–H and O–H groups in total. The first-order chi connectivity index (χ1) is 8.09. The predicted octanol–water partition coefficient (Wildman–Crippen LogP) is 2.65. The summed E-state index contributed by atoms with van der Waals surface area (Å²) < 4.78 is 11.2. The predicted molar refractivity (Wildman–Crippen MR) is 68.5 cm³/mol. The van der Waals surface area contributed by atoms with Gasteiger partial charge in [-0.3, -0.25) is 0 Å². The van der Waals surface area contributed by atoms with Crippen molar-refractivity contribution in [3.8, 4) is 11.5 Å². The molecule has 3 nitrogen and oxygen atoms in total. The molecule has 0 saturated carbocycles. The molecule has 0 fully saturated rings. The van der Waals surface area contributed by atoms with Crippen LogP contribution in [0.1, 0.15) is 13.8 Å². The van der Waals surface area contributed by atoms with Gasteiger partial charge in [0.1, 0.15) is 6.61 Å². The van der Waals surface area contributed by atoms with Crippen LogP contribution in [-0.2, 0) is 0 Å². The lowest BCUT2D eigenvalue weighted by Crippen LogP contribution is -2.25. The molecular formula is C14H20O3. The maximum atomic E-state index is 9.16. The summed E-state index contributed by atoms with van der Waals surface area (Å²) in [6.07, 6.45) is 1.69. The van der Waals surface area contributed by atoms with Crippen molar-refractivity contribution in [1.29, 1.82) is 0 Å². The Kier molecular flexibility index (Phi) is 5.04. The van der Waals surface area contributed by atoms with E-state index in [0.29, 0.717) is 24.7 Å². The molecule has 0 amide bonds. The van der Waals surface area contributed by atoms with Gasteiger partial charge in [0, 0.05) is 5.41 Å². The van der Waals surface area contributed by atoms with E-state index in [-0.39, 0.29) is 12.0 Å². The summed E-state index contributed by atoms with van der Waals surface area (Å²) in [6.45, 7) is 8.47. The molecule has 0 saturated heterocycles. The summed E-state index contributed by atoms with van der Waals surface area (Å²) in [6, 6.07) is 7.49. The van der Waals surface area contributed by atoms with E-state index in [1.165, 1.54) is 0 Å². The van der Waals surface area contributed by atoms with Gasteiger partial charge < -0.3 is 14.6 Å². The average Bonchev–Trinajstić information content (AvgIpc) is 2.35. The number of para-hydroxylation sites is 2. The normalized spacial score (nSPS) is 11.0. The number of hydrogen-bond acceptors (Lipinski definition) is 3. The molecule has 1 rings (SSSR count). The van der Waals surface area contributed by atoms with Gasteiger partial charge in [-0.1, -0.05) is 38.6 Å². The van der Waals surface area contributed by atoms with Crippen LogP contribution in [0.2, 0.25) is 0 Å². The first-order valence-corrected chi connectivity index (χ1v) is 5.65. The van der Waals surface area contributed by atoms with Gasteiger partial charge in [-0.05, 0) is 12.1 Å². The van der Waals surface area contributed by atoms with E-state index in [0.717, 1.165) is 0 Å². The van der Waals surface area contributed by atoms with Gasteiger partial charge >= 0.3 is 0 Å². The van der Waals surface area contributed by atoms with Gasteiger partial charge in [0.05, 0.1) is 13.2 Å². The fourth-order valence-corrected chi connectivity index (χ4v) is 1.16. The van der Waals surface area contributed by atoms with E-state index in [4.69, 9.17) is 14.6 Å². The molecule has 3 heteroatoms. The second-order valence-electron chi connectivity index (χ2n) is 4.66. The van der Waals surface area contributed by atoms with Gasteiger partial charge in [0.25, 0.3) is 0 Å². The van der Waals surface area contributed by atoms with Crippen LogP contribution in [0.3, 0.4) is 0 Å². The van der Waals surface area contributed by atoms with Crippen LogP contribution in [0.15, 0.2) is 36.9 Å². The number of ether oxygens (including phenoxy) is 2. The number of aliphatic hydroxyl groups excluding tert-OH is 1. The molecule has 94 valence electrons. The Morgan fingerprint density at radius 1 is 1.24 bits per heavy atom. The molecule has 0 aliphatic heterocycles. The Morgan fingerprint density at radius 2 is 1.82 bits per heavy atom. The standard InChI is InChI=1S/C14H20O3/c1-4-9-16-12-7-5-6-8-13(12)17-11-14(2,3)10-15/h4-8,15H,1,9-11H2,2-3H3. The molecule has 1 aromatic carbocycles. The first kappa shape index (κ1) is 13.6. The van der Waals surface area contributed by atoms with Crippen molar-refractivity contribution in [3.63, 3.8) is 0 Å². The maximum absolute atomic E-state index is 9.16. The zero-order valence-corrected chi connectivity index (χ0v) is 10.5. The monoisotopic (exact) mass is 236 g/mol.